The molecule has 0 saturated carbocycles. The molecule has 16 heavy (non-hydrogen) atoms. The van der Waals surface area contributed by atoms with Gasteiger partial charge in [-0.1, -0.05) is 32.6 Å². The van der Waals surface area contributed by atoms with Crippen LogP contribution in [-0.4, -0.2) is 18.1 Å². The van der Waals surface area contributed by atoms with Crippen molar-refractivity contribution < 1.29 is 0 Å². The number of aromatic nitrogens is 1. The number of nitrogens with zero attached hydrogens (tertiary/aromatic N) is 1. The summed E-state index contributed by atoms with van der Waals surface area (Å²) in [6.45, 7) is 6.55. The Kier molecular flexibility index (Phi) is 7.43. The Hall–Kier alpha value is -0.410. The molecule has 0 aliphatic carbocycles. The number of hydrogen-bond acceptors (Lipinski definition) is 3. The van der Waals surface area contributed by atoms with Crippen molar-refractivity contribution in [3.8, 4) is 0 Å². The molecule has 0 radical (unpaired) electrons. The second-order valence-electron chi connectivity index (χ2n) is 4.27. The van der Waals surface area contributed by atoms with Gasteiger partial charge in [0.25, 0.3) is 0 Å². The molecule has 0 aliphatic heterocycles. The van der Waals surface area contributed by atoms with Gasteiger partial charge in [-0.25, -0.2) is 4.98 Å². The quantitative estimate of drug-likeness (QED) is 0.668. The van der Waals surface area contributed by atoms with Crippen LogP contribution in [0, 0.1) is 6.92 Å². The Bertz CT molecular complexity index is 271. The summed E-state index contributed by atoms with van der Waals surface area (Å²) in [5.41, 5.74) is 1.24. The Labute approximate surface area is 103 Å². The molecule has 0 saturated heterocycles. The summed E-state index contributed by atoms with van der Waals surface area (Å²) < 4.78 is 0. The van der Waals surface area contributed by atoms with Gasteiger partial charge in [-0.15, -0.1) is 11.3 Å². The predicted octanol–water partition coefficient (Wildman–Crippen LogP) is 3.55. The van der Waals surface area contributed by atoms with Gasteiger partial charge in [0.2, 0.25) is 0 Å². The molecule has 0 aliphatic rings. The van der Waals surface area contributed by atoms with Crippen LogP contribution in [0.1, 0.15) is 49.7 Å². The first-order chi connectivity index (χ1) is 7.83. The molecule has 1 heterocycles. The molecule has 1 aromatic rings. The lowest BCUT2D eigenvalue weighted by molar-refractivity contribution is 0.583. The first kappa shape index (κ1) is 13.7. The van der Waals surface area contributed by atoms with Gasteiger partial charge in [0.1, 0.15) is 0 Å². The lowest BCUT2D eigenvalue weighted by atomic mass is 10.1. The number of unbranched alkanes of at least 4 members (excludes halogenated alkanes) is 4. The van der Waals surface area contributed by atoms with Crippen LogP contribution in [0.15, 0.2) is 5.38 Å². The fraction of sp³-hybridized carbons (Fsp3) is 0.769. The summed E-state index contributed by atoms with van der Waals surface area (Å²) in [4.78, 5) is 4.45. The van der Waals surface area contributed by atoms with Crippen LogP contribution >= 0.6 is 11.3 Å². The fourth-order valence-corrected chi connectivity index (χ4v) is 2.37. The second kappa shape index (κ2) is 8.71. The molecule has 0 fully saturated rings. The molecule has 1 aromatic heterocycles. The number of hydrogen-bond donors (Lipinski definition) is 1. The monoisotopic (exact) mass is 240 g/mol. The van der Waals surface area contributed by atoms with Crippen molar-refractivity contribution in [2.24, 2.45) is 0 Å². The maximum atomic E-state index is 4.45. The number of rotatable bonds is 9. The van der Waals surface area contributed by atoms with Gasteiger partial charge in [-0.3, -0.25) is 0 Å². The van der Waals surface area contributed by atoms with Crippen LogP contribution < -0.4 is 5.32 Å². The van der Waals surface area contributed by atoms with Gasteiger partial charge in [0.05, 0.1) is 10.7 Å². The molecule has 1 N–H and O–H groups in total. The fourth-order valence-electron chi connectivity index (χ4n) is 1.72. The highest BCUT2D eigenvalue weighted by Gasteiger charge is 1.97. The summed E-state index contributed by atoms with van der Waals surface area (Å²) in [5, 5.41) is 6.83. The van der Waals surface area contributed by atoms with Gasteiger partial charge in [-0.2, -0.15) is 0 Å². The lowest BCUT2D eigenvalue weighted by Crippen LogP contribution is -2.18. The third-order valence-electron chi connectivity index (χ3n) is 2.68. The molecule has 0 spiro atoms. The minimum absolute atomic E-state index is 1.07. The van der Waals surface area contributed by atoms with Crippen molar-refractivity contribution in [1.82, 2.24) is 10.3 Å². The highest BCUT2D eigenvalue weighted by atomic mass is 32.1. The first-order valence-corrected chi connectivity index (χ1v) is 7.32. The van der Waals surface area contributed by atoms with Crippen LogP contribution in [0.5, 0.6) is 0 Å². The van der Waals surface area contributed by atoms with E-state index in [4.69, 9.17) is 0 Å². The molecule has 0 unspecified atom stereocenters. The van der Waals surface area contributed by atoms with Crippen molar-refractivity contribution in [3.05, 3.63) is 16.1 Å². The Balaban J connectivity index is 1.88. The largest absolute Gasteiger partial charge is 0.316 e. The van der Waals surface area contributed by atoms with E-state index in [1.165, 1.54) is 42.8 Å². The third kappa shape index (κ3) is 6.23. The van der Waals surface area contributed by atoms with Crippen molar-refractivity contribution >= 4 is 11.3 Å². The van der Waals surface area contributed by atoms with Gasteiger partial charge in [0.15, 0.2) is 0 Å². The summed E-state index contributed by atoms with van der Waals surface area (Å²) in [5.74, 6) is 0. The highest BCUT2D eigenvalue weighted by molar-refractivity contribution is 7.09. The van der Waals surface area contributed by atoms with Crippen molar-refractivity contribution in [1.29, 1.82) is 0 Å². The normalized spacial score (nSPS) is 10.9. The summed E-state index contributed by atoms with van der Waals surface area (Å²) >= 11 is 1.74. The maximum absolute atomic E-state index is 4.45. The summed E-state index contributed by atoms with van der Waals surface area (Å²) in [7, 11) is 0. The zero-order valence-corrected chi connectivity index (χ0v) is 11.4. The molecule has 0 atom stereocenters. The summed E-state index contributed by atoms with van der Waals surface area (Å²) in [6, 6.07) is 0. The smallest absolute Gasteiger partial charge is 0.0897 e. The van der Waals surface area contributed by atoms with Crippen molar-refractivity contribution in [2.45, 2.75) is 52.4 Å². The molecular formula is C13H24N2S. The molecule has 0 bridgehead atoms. The number of nitrogens with one attached hydrogen (secondary N) is 1. The lowest BCUT2D eigenvalue weighted by Gasteiger charge is -2.03. The zero-order chi connectivity index (χ0) is 11.6. The molecule has 92 valence electrons. The summed E-state index contributed by atoms with van der Waals surface area (Å²) in [6.07, 6.45) is 7.87. The van der Waals surface area contributed by atoms with E-state index in [2.05, 4.69) is 29.5 Å². The highest BCUT2D eigenvalue weighted by Crippen LogP contribution is 2.07. The molecule has 0 aromatic carbocycles. The average molecular weight is 240 g/mol. The van der Waals surface area contributed by atoms with Gasteiger partial charge in [0, 0.05) is 18.3 Å². The van der Waals surface area contributed by atoms with Crippen LogP contribution in [0.25, 0.3) is 0 Å². The van der Waals surface area contributed by atoms with E-state index in [1.54, 1.807) is 11.3 Å². The Morgan fingerprint density at radius 1 is 1.19 bits per heavy atom. The average Bonchev–Trinajstić information content (AvgIpc) is 2.68. The zero-order valence-electron chi connectivity index (χ0n) is 10.6. The molecule has 0 amide bonds. The SMILES string of the molecule is CCCCCCCNCCc1csc(C)n1. The Morgan fingerprint density at radius 2 is 2.00 bits per heavy atom. The van der Waals surface area contributed by atoms with E-state index in [1.807, 2.05) is 0 Å². The van der Waals surface area contributed by atoms with Crippen LogP contribution in [0.2, 0.25) is 0 Å². The maximum Gasteiger partial charge on any atom is 0.0897 e. The van der Waals surface area contributed by atoms with E-state index in [0.29, 0.717) is 0 Å². The second-order valence-corrected chi connectivity index (χ2v) is 5.33. The van der Waals surface area contributed by atoms with Crippen molar-refractivity contribution in [3.63, 3.8) is 0 Å². The Morgan fingerprint density at radius 3 is 2.69 bits per heavy atom. The topological polar surface area (TPSA) is 24.9 Å². The molecule has 1 rings (SSSR count). The van der Waals surface area contributed by atoms with Crippen molar-refractivity contribution in [2.75, 3.05) is 13.1 Å². The van der Waals surface area contributed by atoms with Crippen LogP contribution in [0.3, 0.4) is 0 Å². The van der Waals surface area contributed by atoms with Crippen LogP contribution in [0.4, 0.5) is 0 Å². The minimum Gasteiger partial charge on any atom is -0.316 e. The molecular weight excluding hydrogens is 216 g/mol. The van der Waals surface area contributed by atoms with Crippen LogP contribution in [-0.2, 0) is 6.42 Å². The van der Waals surface area contributed by atoms with Gasteiger partial charge in [-0.05, 0) is 19.9 Å². The third-order valence-corrected chi connectivity index (χ3v) is 3.50. The van der Waals surface area contributed by atoms with Gasteiger partial charge >= 0.3 is 0 Å². The standard InChI is InChI=1S/C13H24N2S/c1-3-4-5-6-7-9-14-10-8-13-11-16-12(2)15-13/h11,14H,3-10H2,1-2H3. The van der Waals surface area contributed by atoms with E-state index in [-0.39, 0.29) is 0 Å². The van der Waals surface area contributed by atoms with E-state index < -0.39 is 0 Å². The van der Waals surface area contributed by atoms with E-state index in [0.717, 1.165) is 19.5 Å². The minimum atomic E-state index is 1.07. The number of aryl methyl sites for hydroxylation is 1. The van der Waals surface area contributed by atoms with Gasteiger partial charge < -0.3 is 5.32 Å². The van der Waals surface area contributed by atoms with E-state index >= 15 is 0 Å². The van der Waals surface area contributed by atoms with E-state index in [9.17, 15) is 0 Å². The molecule has 3 heteroatoms. The first-order valence-electron chi connectivity index (χ1n) is 6.44. The predicted molar refractivity (Wildman–Crippen MR) is 72.2 cm³/mol. The molecule has 2 nitrogen and oxygen atoms in total. The number of thiazole rings is 1.